The molecule has 3 aromatic rings. The maximum atomic E-state index is 10.8. The van der Waals surface area contributed by atoms with E-state index in [0.29, 0.717) is 31.9 Å². The van der Waals surface area contributed by atoms with Crippen LogP contribution < -0.4 is 5.73 Å². The number of pyridine rings is 1. The first-order valence-corrected chi connectivity index (χ1v) is 12.7. The van der Waals surface area contributed by atoms with E-state index in [1.807, 2.05) is 26.0 Å². The van der Waals surface area contributed by atoms with Gasteiger partial charge in [0.15, 0.2) is 0 Å². The lowest BCUT2D eigenvalue weighted by Gasteiger charge is -2.31. The minimum Gasteiger partial charge on any atom is -0.398 e. The number of amides is 2. The Morgan fingerprint density at radius 3 is 2.22 bits per heavy atom. The zero-order valence-corrected chi connectivity index (χ0v) is 21.8. The molecule has 2 amide bonds. The molecular formula is C29H37N5O2. The van der Waals surface area contributed by atoms with Crippen LogP contribution in [-0.2, 0) is 22.4 Å². The first-order valence-electron chi connectivity index (χ1n) is 12.7. The van der Waals surface area contributed by atoms with Gasteiger partial charge in [-0.1, -0.05) is 43.7 Å². The molecule has 1 aliphatic heterocycles. The first kappa shape index (κ1) is 26.9. The summed E-state index contributed by atoms with van der Waals surface area (Å²) in [6, 6.07) is 12.4. The number of nitrogens with one attached hydrogen (secondary N) is 1. The van der Waals surface area contributed by atoms with Gasteiger partial charge >= 0.3 is 0 Å². The van der Waals surface area contributed by atoms with E-state index in [1.165, 1.54) is 28.5 Å². The molecule has 190 valence electrons. The Morgan fingerprint density at radius 1 is 1.00 bits per heavy atom. The molecule has 36 heavy (non-hydrogen) atoms. The fourth-order valence-electron chi connectivity index (χ4n) is 4.75. The highest BCUT2D eigenvalue weighted by Crippen LogP contribution is 2.38. The number of anilines is 1. The quantitative estimate of drug-likeness (QED) is 0.320. The average Bonchev–Trinajstić information content (AvgIpc) is 3.40. The summed E-state index contributed by atoms with van der Waals surface area (Å²) >= 11 is 0. The monoisotopic (exact) mass is 487 g/mol. The van der Waals surface area contributed by atoms with Crippen LogP contribution in [0.5, 0.6) is 0 Å². The van der Waals surface area contributed by atoms with E-state index in [2.05, 4.69) is 31.2 Å². The molecule has 0 radical (unpaired) electrons. The van der Waals surface area contributed by atoms with Crippen LogP contribution in [0.2, 0.25) is 0 Å². The molecule has 0 atom stereocenters. The summed E-state index contributed by atoms with van der Waals surface area (Å²) in [4.78, 5) is 29.4. The minimum atomic E-state index is 0.0931. The van der Waals surface area contributed by atoms with Gasteiger partial charge in [0.05, 0.1) is 11.2 Å². The van der Waals surface area contributed by atoms with E-state index >= 15 is 0 Å². The van der Waals surface area contributed by atoms with Gasteiger partial charge in [0.25, 0.3) is 0 Å². The smallest absolute Gasteiger partial charge is 0.219 e. The van der Waals surface area contributed by atoms with Crippen LogP contribution in [0, 0.1) is 12.3 Å². The van der Waals surface area contributed by atoms with Crippen LogP contribution in [0.4, 0.5) is 5.69 Å². The number of benzene rings is 2. The summed E-state index contributed by atoms with van der Waals surface area (Å²) < 4.78 is 0. The van der Waals surface area contributed by atoms with Crippen molar-refractivity contribution in [3.63, 3.8) is 0 Å². The lowest BCUT2D eigenvalue weighted by Crippen LogP contribution is -2.47. The molecule has 2 aliphatic rings. The fraction of sp³-hybridized carbons (Fsp3) is 0.379. The predicted molar refractivity (Wildman–Crippen MR) is 147 cm³/mol. The van der Waals surface area contributed by atoms with Gasteiger partial charge in [-0.15, -0.1) is 0 Å². The number of piperazine rings is 1. The number of nitrogens with zero attached hydrogens (tertiary/aromatic N) is 3. The van der Waals surface area contributed by atoms with Crippen molar-refractivity contribution in [2.45, 2.75) is 47.0 Å². The van der Waals surface area contributed by atoms with Crippen LogP contribution >= 0.6 is 0 Å². The number of aryl methyl sites for hydroxylation is 2. The first-order chi connectivity index (χ1) is 17.4. The Kier molecular flexibility index (Phi) is 9.17. The van der Waals surface area contributed by atoms with Crippen molar-refractivity contribution in [2.75, 3.05) is 31.9 Å². The Bertz CT molecular complexity index is 1230. The van der Waals surface area contributed by atoms with Crippen LogP contribution in [0.3, 0.4) is 0 Å². The van der Waals surface area contributed by atoms with Gasteiger partial charge in [0.1, 0.15) is 0 Å². The maximum absolute atomic E-state index is 10.8. The highest BCUT2D eigenvalue weighted by atomic mass is 16.2. The lowest BCUT2D eigenvalue weighted by atomic mass is 9.95. The SMILES string of the molecule is CC.CC(=O)N1CCN(C=O)CC1.Cc1ccc(-c2nc3ccc(N)c(C=N)c3c3c2CCC3)cc1. The maximum Gasteiger partial charge on any atom is 0.219 e. The number of rotatable bonds is 3. The summed E-state index contributed by atoms with van der Waals surface area (Å²) in [5, 5.41) is 8.81. The topological polar surface area (TPSA) is 103 Å². The van der Waals surface area contributed by atoms with E-state index in [0.717, 1.165) is 47.8 Å². The predicted octanol–water partition coefficient (Wildman–Crippen LogP) is 4.61. The van der Waals surface area contributed by atoms with Gasteiger partial charge in [-0.3, -0.25) is 9.59 Å². The van der Waals surface area contributed by atoms with E-state index in [9.17, 15) is 9.59 Å². The Balaban J connectivity index is 0.000000235. The highest BCUT2D eigenvalue weighted by Gasteiger charge is 2.22. The number of hydrogen-bond donors (Lipinski definition) is 2. The molecule has 5 rings (SSSR count). The Labute approximate surface area is 213 Å². The van der Waals surface area contributed by atoms with E-state index in [1.54, 1.807) is 16.7 Å². The zero-order valence-electron chi connectivity index (χ0n) is 21.8. The number of carbonyl (C=O) groups excluding carboxylic acids is 2. The molecule has 0 unspecified atom stereocenters. The van der Waals surface area contributed by atoms with E-state index in [-0.39, 0.29) is 5.91 Å². The lowest BCUT2D eigenvalue weighted by molar-refractivity contribution is -0.133. The van der Waals surface area contributed by atoms with Gasteiger partial charge in [0.2, 0.25) is 12.3 Å². The van der Waals surface area contributed by atoms with Crippen molar-refractivity contribution in [3.8, 4) is 11.3 Å². The van der Waals surface area contributed by atoms with Gasteiger partial charge in [-0.25, -0.2) is 4.98 Å². The number of aromatic nitrogens is 1. The van der Waals surface area contributed by atoms with Crippen LogP contribution in [0.15, 0.2) is 36.4 Å². The Morgan fingerprint density at radius 2 is 1.64 bits per heavy atom. The van der Waals surface area contributed by atoms with E-state index < -0.39 is 0 Å². The van der Waals surface area contributed by atoms with Crippen molar-refractivity contribution in [1.82, 2.24) is 14.8 Å². The molecule has 1 saturated heterocycles. The van der Waals surface area contributed by atoms with Crippen LogP contribution in [-0.4, -0.2) is 59.5 Å². The molecule has 0 spiro atoms. The fourth-order valence-corrected chi connectivity index (χ4v) is 4.75. The Hall–Kier alpha value is -3.74. The summed E-state index contributed by atoms with van der Waals surface area (Å²) in [6.45, 7) is 10.3. The number of carbonyl (C=O) groups is 2. The standard InChI is InChI=1S/C20H19N3.C7H12N2O2.C2H6/c1-12-5-7-13(8-6-12)20-15-4-2-3-14(15)19-16(11-21)17(22)9-10-18(19)23-20;1-7(11)9-4-2-8(6-10)3-5-9;1-2/h5-11,21H,2-4,22H2,1H3;6H,2-5H2,1H3;1-2H3. The normalized spacial score (nSPS) is 14.2. The second-order valence-electron chi connectivity index (χ2n) is 8.89. The van der Waals surface area contributed by atoms with Gasteiger partial charge < -0.3 is 20.9 Å². The zero-order chi connectivity index (χ0) is 26.2. The molecule has 1 fully saturated rings. The van der Waals surface area contributed by atoms with Crippen molar-refractivity contribution in [3.05, 3.63) is 58.7 Å². The molecule has 2 aromatic carbocycles. The van der Waals surface area contributed by atoms with Gasteiger partial charge in [0, 0.05) is 61.5 Å². The summed E-state index contributed by atoms with van der Waals surface area (Å²) in [5.74, 6) is 0.0931. The summed E-state index contributed by atoms with van der Waals surface area (Å²) in [6.07, 6.45) is 5.42. The molecule has 7 nitrogen and oxygen atoms in total. The largest absolute Gasteiger partial charge is 0.398 e. The molecule has 3 N–H and O–H groups in total. The van der Waals surface area contributed by atoms with Gasteiger partial charge in [-0.2, -0.15) is 0 Å². The molecule has 2 heterocycles. The third kappa shape index (κ3) is 5.73. The average molecular weight is 488 g/mol. The molecule has 7 heteroatoms. The number of fused-ring (bicyclic) bond motifs is 3. The van der Waals surface area contributed by atoms with E-state index in [4.69, 9.17) is 16.1 Å². The van der Waals surface area contributed by atoms with Crippen molar-refractivity contribution >= 4 is 35.1 Å². The number of nitrogens with two attached hydrogens (primary N) is 1. The van der Waals surface area contributed by atoms with Crippen molar-refractivity contribution in [1.29, 1.82) is 5.41 Å². The molecular weight excluding hydrogens is 450 g/mol. The third-order valence-electron chi connectivity index (χ3n) is 6.67. The number of nitrogen functional groups attached to an aromatic ring is 1. The van der Waals surface area contributed by atoms with Crippen LogP contribution in [0.1, 0.15) is 49.4 Å². The second kappa shape index (κ2) is 12.3. The number of hydrogen-bond acceptors (Lipinski definition) is 5. The molecule has 0 bridgehead atoms. The summed E-state index contributed by atoms with van der Waals surface area (Å²) in [5.41, 5.74) is 14.7. The molecule has 1 aromatic heterocycles. The minimum absolute atomic E-state index is 0.0931. The summed E-state index contributed by atoms with van der Waals surface area (Å²) in [7, 11) is 0. The van der Waals surface area contributed by atoms with Crippen molar-refractivity contribution < 1.29 is 9.59 Å². The molecule has 0 saturated carbocycles. The third-order valence-corrected chi connectivity index (χ3v) is 6.67. The van der Waals surface area contributed by atoms with Gasteiger partial charge in [-0.05, 0) is 49.4 Å². The highest BCUT2D eigenvalue weighted by molar-refractivity contribution is 6.05. The second-order valence-corrected chi connectivity index (χ2v) is 8.89. The molecule has 1 aliphatic carbocycles. The van der Waals surface area contributed by atoms with Crippen molar-refractivity contribution in [2.24, 2.45) is 0 Å². The van der Waals surface area contributed by atoms with Crippen LogP contribution in [0.25, 0.3) is 22.2 Å².